The van der Waals surface area contributed by atoms with E-state index in [-0.39, 0.29) is 0 Å². The molecule has 0 heterocycles. The van der Waals surface area contributed by atoms with Crippen LogP contribution in [0.1, 0.15) is 0 Å². The van der Waals surface area contributed by atoms with Crippen LogP contribution < -0.4 is 5.73 Å². The summed E-state index contributed by atoms with van der Waals surface area (Å²) in [5.41, 5.74) is 4.69. The largest absolute Gasteiger partial charge is 0.359 e. The third-order valence-corrected chi connectivity index (χ3v) is 0.266. The lowest BCUT2D eigenvalue weighted by Crippen LogP contribution is -1.73. The van der Waals surface area contributed by atoms with Crippen molar-refractivity contribution >= 4 is 6.29 Å². The quantitative estimate of drug-likeness (QED) is 0.240. The number of nitrogens with two attached hydrogens (primary N) is 1. The summed E-state index contributed by atoms with van der Waals surface area (Å²) in [7, 11) is 0. The Bertz CT molecular complexity index is 162. The van der Waals surface area contributed by atoms with Gasteiger partial charge in [0.05, 0.1) is 0 Å². The van der Waals surface area contributed by atoms with Gasteiger partial charge in [-0.15, -0.1) is 0 Å². The predicted molar refractivity (Wildman–Crippen MR) is 25.8 cm³/mol. The average molecular weight is 93.1 g/mol. The molecule has 0 spiro atoms. The highest BCUT2D eigenvalue weighted by Crippen LogP contribution is 1.42. The summed E-state index contributed by atoms with van der Waals surface area (Å²) in [5.74, 6) is 6.43. The SMILES string of the molecule is NC#CC#CC=O. The summed E-state index contributed by atoms with van der Waals surface area (Å²) >= 11 is 0. The molecule has 0 saturated carbocycles. The summed E-state index contributed by atoms with van der Waals surface area (Å²) in [5, 5.41) is 0. The molecular formula is C5H3NO. The minimum atomic E-state index is 0.463. The molecule has 0 amide bonds. The fraction of sp³-hybridized carbons (Fsp3) is 0. The Hall–Kier alpha value is -1.41. The lowest BCUT2D eigenvalue weighted by atomic mass is 10.6. The maximum Gasteiger partial charge on any atom is 0.193 e. The molecule has 0 radical (unpaired) electrons. The first-order valence-electron chi connectivity index (χ1n) is 1.56. The van der Waals surface area contributed by atoms with Crippen molar-refractivity contribution in [2.45, 2.75) is 0 Å². The minimum Gasteiger partial charge on any atom is -0.359 e. The lowest BCUT2D eigenvalue weighted by molar-refractivity contribution is -0.103. The van der Waals surface area contributed by atoms with Gasteiger partial charge in [-0.1, -0.05) is 0 Å². The van der Waals surface area contributed by atoms with Crippen molar-refractivity contribution in [1.82, 2.24) is 0 Å². The van der Waals surface area contributed by atoms with E-state index < -0.39 is 0 Å². The van der Waals surface area contributed by atoms with E-state index in [1.807, 2.05) is 6.04 Å². The molecule has 0 saturated heterocycles. The maximum absolute atomic E-state index is 9.40. The van der Waals surface area contributed by atoms with Crippen molar-refractivity contribution in [2.75, 3.05) is 0 Å². The number of carbonyl (C=O) groups excluding carboxylic acids is 1. The molecule has 7 heavy (non-hydrogen) atoms. The molecule has 0 atom stereocenters. The van der Waals surface area contributed by atoms with Crippen LogP contribution in [0.15, 0.2) is 0 Å². The molecule has 0 bridgehead atoms. The van der Waals surface area contributed by atoms with Gasteiger partial charge in [0.25, 0.3) is 0 Å². The number of rotatable bonds is 0. The molecule has 0 fully saturated rings. The zero-order valence-electron chi connectivity index (χ0n) is 3.56. The maximum atomic E-state index is 9.40. The van der Waals surface area contributed by atoms with Crippen molar-refractivity contribution in [3.8, 4) is 23.8 Å². The van der Waals surface area contributed by atoms with E-state index >= 15 is 0 Å². The summed E-state index contributed by atoms with van der Waals surface area (Å²) in [6.45, 7) is 0. The molecule has 0 unspecified atom stereocenters. The van der Waals surface area contributed by atoms with Crippen LogP contribution in [-0.4, -0.2) is 6.29 Å². The highest BCUT2D eigenvalue weighted by molar-refractivity contribution is 5.73. The lowest BCUT2D eigenvalue weighted by Gasteiger charge is -1.50. The van der Waals surface area contributed by atoms with Gasteiger partial charge in [-0.2, -0.15) is 0 Å². The van der Waals surface area contributed by atoms with Crippen LogP contribution in [0.5, 0.6) is 0 Å². The predicted octanol–water partition coefficient (Wildman–Crippen LogP) is -0.892. The van der Waals surface area contributed by atoms with E-state index in [0.717, 1.165) is 0 Å². The van der Waals surface area contributed by atoms with Crippen molar-refractivity contribution in [2.24, 2.45) is 5.73 Å². The monoisotopic (exact) mass is 93.0 g/mol. The van der Waals surface area contributed by atoms with Crippen molar-refractivity contribution in [3.05, 3.63) is 0 Å². The van der Waals surface area contributed by atoms with Crippen LogP contribution in [0.2, 0.25) is 0 Å². The van der Waals surface area contributed by atoms with Gasteiger partial charge in [0.2, 0.25) is 0 Å². The van der Waals surface area contributed by atoms with E-state index in [0.29, 0.717) is 6.29 Å². The zero-order chi connectivity index (χ0) is 5.54. The zero-order valence-corrected chi connectivity index (χ0v) is 3.56. The summed E-state index contributed by atoms with van der Waals surface area (Å²) < 4.78 is 0. The smallest absolute Gasteiger partial charge is 0.193 e. The molecule has 2 heteroatoms. The van der Waals surface area contributed by atoms with Gasteiger partial charge in [0, 0.05) is 12.0 Å². The molecule has 34 valence electrons. The van der Waals surface area contributed by atoms with Gasteiger partial charge in [0.1, 0.15) is 0 Å². The van der Waals surface area contributed by atoms with E-state index in [4.69, 9.17) is 0 Å². The molecule has 0 aliphatic rings. The van der Waals surface area contributed by atoms with Gasteiger partial charge in [-0.3, -0.25) is 4.79 Å². The Morgan fingerprint density at radius 2 is 2.14 bits per heavy atom. The second-order valence-electron chi connectivity index (χ2n) is 0.657. The normalized spacial score (nSPS) is 4.00. The Kier molecular flexibility index (Phi) is 3.67. The van der Waals surface area contributed by atoms with Crippen molar-refractivity contribution in [3.63, 3.8) is 0 Å². The second-order valence-corrected chi connectivity index (χ2v) is 0.657. The second kappa shape index (κ2) is 4.59. The highest BCUT2D eigenvalue weighted by atomic mass is 16.1. The number of carbonyl (C=O) groups is 1. The van der Waals surface area contributed by atoms with E-state index in [2.05, 4.69) is 23.5 Å². The van der Waals surface area contributed by atoms with Crippen LogP contribution in [0, 0.1) is 23.8 Å². The third-order valence-electron chi connectivity index (χ3n) is 0.266. The Labute approximate surface area is 41.7 Å². The van der Waals surface area contributed by atoms with E-state index in [1.54, 1.807) is 0 Å². The van der Waals surface area contributed by atoms with Gasteiger partial charge in [-0.05, 0) is 11.8 Å². The molecule has 0 aliphatic heterocycles. The molecule has 0 aromatic carbocycles. The Morgan fingerprint density at radius 3 is 2.57 bits per heavy atom. The first kappa shape index (κ1) is 5.59. The van der Waals surface area contributed by atoms with Gasteiger partial charge >= 0.3 is 0 Å². The molecule has 0 aromatic heterocycles. The number of aldehydes is 1. The average Bonchev–Trinajstić information content (AvgIpc) is 1.69. The summed E-state index contributed by atoms with van der Waals surface area (Å²) in [6.07, 6.45) is 0.463. The third kappa shape index (κ3) is 4.59. The van der Waals surface area contributed by atoms with Crippen LogP contribution in [0.3, 0.4) is 0 Å². The van der Waals surface area contributed by atoms with E-state index in [1.165, 1.54) is 0 Å². The standard InChI is InChI=1S/C5H3NO/c6-4-2-1-3-5-7/h5H,6H2. The van der Waals surface area contributed by atoms with Gasteiger partial charge in [0.15, 0.2) is 6.29 Å². The van der Waals surface area contributed by atoms with Crippen LogP contribution in [0.25, 0.3) is 0 Å². The summed E-state index contributed by atoms with van der Waals surface area (Å²) in [4.78, 5) is 9.40. The molecule has 0 aliphatic carbocycles. The number of hydrogen-bond donors (Lipinski definition) is 1. The van der Waals surface area contributed by atoms with Gasteiger partial charge < -0.3 is 5.73 Å². The first-order chi connectivity index (χ1) is 3.41. The minimum absolute atomic E-state index is 0.463. The molecule has 2 N–H and O–H groups in total. The Balaban J connectivity index is 3.60. The highest BCUT2D eigenvalue weighted by Gasteiger charge is 1.50. The molecule has 2 nitrogen and oxygen atoms in total. The molecular weight excluding hydrogens is 90.1 g/mol. The summed E-state index contributed by atoms with van der Waals surface area (Å²) in [6, 6.07) is 2.02. The fourth-order valence-electron chi connectivity index (χ4n) is 0.102. The van der Waals surface area contributed by atoms with Crippen LogP contribution in [0.4, 0.5) is 0 Å². The van der Waals surface area contributed by atoms with E-state index in [9.17, 15) is 4.79 Å². The number of hydrogen-bond acceptors (Lipinski definition) is 2. The topological polar surface area (TPSA) is 43.1 Å². The van der Waals surface area contributed by atoms with Crippen LogP contribution in [-0.2, 0) is 4.79 Å². The molecule has 0 rings (SSSR count). The Morgan fingerprint density at radius 1 is 1.43 bits per heavy atom. The first-order valence-corrected chi connectivity index (χ1v) is 1.56. The van der Waals surface area contributed by atoms with Crippen LogP contribution >= 0.6 is 0 Å². The molecule has 0 aromatic rings. The van der Waals surface area contributed by atoms with Crippen molar-refractivity contribution in [1.29, 1.82) is 0 Å². The van der Waals surface area contributed by atoms with Gasteiger partial charge in [-0.25, -0.2) is 0 Å². The fourth-order valence-corrected chi connectivity index (χ4v) is 0.102. The van der Waals surface area contributed by atoms with Crippen molar-refractivity contribution < 1.29 is 4.79 Å².